The Morgan fingerprint density at radius 1 is 1.28 bits per heavy atom. The molecule has 2 N–H and O–H groups in total. The van der Waals surface area contributed by atoms with Gasteiger partial charge in [0.15, 0.2) is 5.79 Å². The number of rotatable bonds is 4. The van der Waals surface area contributed by atoms with Crippen molar-refractivity contribution in [1.82, 2.24) is 10.2 Å². The van der Waals surface area contributed by atoms with Crippen LogP contribution < -0.4 is 5.32 Å². The number of likely N-dealkylation sites (N-methyl/N-ethyl adjacent to an activating group) is 1. The number of nitrogens with zero attached hydrogens (tertiary/aromatic N) is 1. The van der Waals surface area contributed by atoms with Crippen LogP contribution in [-0.2, 0) is 20.8 Å². The molecule has 2 fully saturated rings. The van der Waals surface area contributed by atoms with Crippen LogP contribution in [0.15, 0.2) is 30.3 Å². The minimum absolute atomic E-state index is 0.280. The summed E-state index contributed by atoms with van der Waals surface area (Å²) < 4.78 is 25.5. The largest absolute Gasteiger partial charge is 0.389 e. The van der Waals surface area contributed by atoms with Crippen LogP contribution in [0.3, 0.4) is 0 Å². The lowest BCUT2D eigenvalue weighted by molar-refractivity contribution is -0.155. The number of benzene rings is 1. The van der Waals surface area contributed by atoms with Gasteiger partial charge in [-0.15, -0.1) is 0 Å². The lowest BCUT2D eigenvalue weighted by Crippen LogP contribution is -2.69. The van der Waals surface area contributed by atoms with Gasteiger partial charge in [0.2, 0.25) is 5.91 Å². The molecule has 1 aromatic rings. The molecule has 0 unspecified atom stereocenters. The molecule has 1 amide bonds. The molecule has 2 saturated heterocycles. The van der Waals surface area contributed by atoms with Crippen molar-refractivity contribution >= 4 is 5.91 Å². The Labute approximate surface area is 146 Å². The zero-order valence-electron chi connectivity index (χ0n) is 14.7. The van der Waals surface area contributed by atoms with Crippen LogP contribution in [0.25, 0.3) is 0 Å². The summed E-state index contributed by atoms with van der Waals surface area (Å²) in [4.78, 5) is 14.3. The average molecular weight is 352 g/mol. The molecule has 0 radical (unpaired) electrons. The number of aliphatic hydroxyl groups is 1. The Morgan fingerprint density at radius 2 is 1.92 bits per heavy atom. The number of ether oxygens (including phenoxy) is 2. The van der Waals surface area contributed by atoms with Crippen molar-refractivity contribution < 1.29 is 23.8 Å². The number of hydrogen-bond acceptors (Lipinski definition) is 5. The predicted molar refractivity (Wildman–Crippen MR) is 89.4 cm³/mol. The fourth-order valence-electron chi connectivity index (χ4n) is 3.77. The first kappa shape index (κ1) is 18.3. The lowest BCUT2D eigenvalue weighted by Gasteiger charge is -2.47. The predicted octanol–water partition coefficient (Wildman–Crippen LogP) is 0.836. The van der Waals surface area contributed by atoms with Crippen LogP contribution in [0.2, 0.25) is 0 Å². The van der Waals surface area contributed by atoms with E-state index >= 15 is 0 Å². The zero-order valence-corrected chi connectivity index (χ0v) is 14.7. The van der Waals surface area contributed by atoms with Gasteiger partial charge in [0.05, 0.1) is 6.04 Å². The van der Waals surface area contributed by atoms with Gasteiger partial charge < -0.3 is 19.9 Å². The molecule has 6 nitrogen and oxygen atoms in total. The second-order valence-corrected chi connectivity index (χ2v) is 6.99. The second-order valence-electron chi connectivity index (χ2n) is 6.99. The van der Waals surface area contributed by atoms with Crippen LogP contribution in [0, 0.1) is 0 Å². The smallest absolute Gasteiger partial charge is 0.239 e. The first-order valence-electron chi connectivity index (χ1n) is 8.49. The standard InChI is InChI=1S/C18H25FN2O4/c1-18(2)24-15-13(17(23)20-3)21(10-11-7-5-4-6-8-11)12(9-19)14(22)16(15)25-18/h4-8,12-16,22H,9-10H2,1-3H3,(H,20,23)/t12-,13+,14-,15-,16+/m1/s1. The topological polar surface area (TPSA) is 71.0 Å². The van der Waals surface area contributed by atoms with Crippen molar-refractivity contribution in [2.24, 2.45) is 0 Å². The first-order valence-corrected chi connectivity index (χ1v) is 8.49. The van der Waals surface area contributed by atoms with Gasteiger partial charge in [-0.2, -0.15) is 0 Å². The summed E-state index contributed by atoms with van der Waals surface area (Å²) >= 11 is 0. The van der Waals surface area contributed by atoms with Crippen molar-refractivity contribution in [3.05, 3.63) is 35.9 Å². The van der Waals surface area contributed by atoms with Gasteiger partial charge in [-0.1, -0.05) is 30.3 Å². The number of carbonyl (C=O) groups is 1. The molecule has 1 aromatic carbocycles. The molecule has 5 atom stereocenters. The third-order valence-corrected chi connectivity index (χ3v) is 4.87. The number of likely N-dealkylation sites (tertiary alicyclic amines) is 1. The Balaban J connectivity index is 1.98. The highest BCUT2D eigenvalue weighted by Crippen LogP contribution is 2.39. The van der Waals surface area contributed by atoms with Crippen LogP contribution in [0.1, 0.15) is 19.4 Å². The number of aliphatic hydroxyl groups excluding tert-OH is 1. The molecule has 2 aliphatic heterocycles. The van der Waals surface area contributed by atoms with Crippen molar-refractivity contribution in [1.29, 1.82) is 0 Å². The van der Waals surface area contributed by atoms with Crippen molar-refractivity contribution in [2.75, 3.05) is 13.7 Å². The van der Waals surface area contributed by atoms with E-state index in [9.17, 15) is 14.3 Å². The molecule has 0 aromatic heterocycles. The molecule has 25 heavy (non-hydrogen) atoms. The molecule has 0 bridgehead atoms. The molecular formula is C18H25FN2O4. The van der Waals surface area contributed by atoms with Gasteiger partial charge >= 0.3 is 0 Å². The van der Waals surface area contributed by atoms with Crippen LogP contribution in [0.4, 0.5) is 4.39 Å². The molecular weight excluding hydrogens is 327 g/mol. The first-order chi connectivity index (χ1) is 11.9. The molecule has 0 saturated carbocycles. The summed E-state index contributed by atoms with van der Waals surface area (Å²) in [5.41, 5.74) is 0.929. The molecule has 3 rings (SSSR count). The number of nitrogens with one attached hydrogen (secondary N) is 1. The van der Waals surface area contributed by atoms with Gasteiger partial charge in [0.25, 0.3) is 0 Å². The fraction of sp³-hybridized carbons (Fsp3) is 0.611. The summed E-state index contributed by atoms with van der Waals surface area (Å²) in [5, 5.41) is 13.3. The summed E-state index contributed by atoms with van der Waals surface area (Å²) in [6.45, 7) is 3.00. The fourth-order valence-corrected chi connectivity index (χ4v) is 3.77. The monoisotopic (exact) mass is 352 g/mol. The van der Waals surface area contributed by atoms with Crippen molar-refractivity contribution in [2.45, 2.75) is 56.6 Å². The van der Waals surface area contributed by atoms with E-state index in [1.54, 1.807) is 18.7 Å². The zero-order chi connectivity index (χ0) is 18.2. The highest BCUT2D eigenvalue weighted by molar-refractivity contribution is 5.82. The minimum atomic E-state index is -1.08. The van der Waals surface area contributed by atoms with Gasteiger partial charge in [0.1, 0.15) is 31.0 Å². The number of alkyl halides is 1. The van der Waals surface area contributed by atoms with E-state index < -0.39 is 42.9 Å². The van der Waals surface area contributed by atoms with E-state index in [4.69, 9.17) is 9.47 Å². The van der Waals surface area contributed by atoms with Crippen LogP contribution in [-0.4, -0.2) is 65.8 Å². The van der Waals surface area contributed by atoms with E-state index in [0.29, 0.717) is 6.54 Å². The molecule has 138 valence electrons. The summed E-state index contributed by atoms with van der Waals surface area (Å²) in [5.74, 6) is -1.22. The maximum atomic E-state index is 13.8. The summed E-state index contributed by atoms with van der Waals surface area (Å²) in [7, 11) is 1.54. The van der Waals surface area contributed by atoms with Gasteiger partial charge in [-0.05, 0) is 19.4 Å². The lowest BCUT2D eigenvalue weighted by atomic mass is 9.87. The van der Waals surface area contributed by atoms with E-state index in [2.05, 4.69) is 5.32 Å². The molecule has 0 aliphatic carbocycles. The Bertz CT molecular complexity index is 612. The van der Waals surface area contributed by atoms with Crippen LogP contribution >= 0.6 is 0 Å². The van der Waals surface area contributed by atoms with Gasteiger partial charge in [-0.25, -0.2) is 4.39 Å². The third-order valence-electron chi connectivity index (χ3n) is 4.87. The number of fused-ring (bicyclic) bond motifs is 1. The quantitative estimate of drug-likeness (QED) is 0.840. The number of amides is 1. The summed E-state index contributed by atoms with van der Waals surface area (Å²) in [6, 6.07) is 7.88. The molecule has 2 aliphatic rings. The number of carbonyl (C=O) groups excluding carboxylic acids is 1. The Hall–Kier alpha value is -1.54. The Morgan fingerprint density at radius 3 is 2.52 bits per heavy atom. The van der Waals surface area contributed by atoms with E-state index in [-0.39, 0.29) is 5.91 Å². The number of hydrogen-bond donors (Lipinski definition) is 2. The average Bonchev–Trinajstić information content (AvgIpc) is 2.91. The Kier molecular flexibility index (Phi) is 5.11. The summed E-state index contributed by atoms with van der Waals surface area (Å²) in [6.07, 6.45) is -2.50. The molecule has 7 heteroatoms. The van der Waals surface area contributed by atoms with Crippen molar-refractivity contribution in [3.8, 4) is 0 Å². The third kappa shape index (κ3) is 3.42. The minimum Gasteiger partial charge on any atom is -0.389 e. The molecule has 2 heterocycles. The second kappa shape index (κ2) is 6.99. The van der Waals surface area contributed by atoms with Crippen LogP contribution in [0.5, 0.6) is 0 Å². The van der Waals surface area contributed by atoms with Crippen molar-refractivity contribution in [3.63, 3.8) is 0 Å². The number of halogens is 1. The normalized spacial score (nSPS) is 34.5. The van der Waals surface area contributed by atoms with E-state index in [1.165, 1.54) is 7.05 Å². The van der Waals surface area contributed by atoms with E-state index in [0.717, 1.165) is 5.56 Å². The van der Waals surface area contributed by atoms with Gasteiger partial charge in [-0.3, -0.25) is 9.69 Å². The molecule has 0 spiro atoms. The van der Waals surface area contributed by atoms with Gasteiger partial charge in [0, 0.05) is 13.6 Å². The highest BCUT2D eigenvalue weighted by atomic mass is 19.1. The highest BCUT2D eigenvalue weighted by Gasteiger charge is 2.58. The van der Waals surface area contributed by atoms with E-state index in [1.807, 2.05) is 30.3 Å². The SMILES string of the molecule is CNC(=O)[C@@H]1[C@H]2OC(C)(C)O[C@H]2[C@H](O)[C@@H](CF)N1Cc1ccccc1. The number of piperidine rings is 1. The maximum Gasteiger partial charge on any atom is 0.239 e. The maximum absolute atomic E-state index is 13.8.